The van der Waals surface area contributed by atoms with E-state index in [0.717, 1.165) is 0 Å². The van der Waals surface area contributed by atoms with Crippen LogP contribution in [-0.4, -0.2) is 12.1 Å². The number of hydrogen-bond donors (Lipinski definition) is 0. The summed E-state index contributed by atoms with van der Waals surface area (Å²) < 4.78 is 0. The summed E-state index contributed by atoms with van der Waals surface area (Å²) in [5, 5.41) is 0. The molecule has 2 aromatic carbocycles. The fourth-order valence-electron chi connectivity index (χ4n) is 5.49. The van der Waals surface area contributed by atoms with Gasteiger partial charge in [-0.05, 0) is 76.6 Å². The first-order valence-corrected chi connectivity index (χ1v) is 10.4. The second-order valence-electron chi connectivity index (χ2n) is 8.75. The molecule has 2 fully saturated rings. The SMILES string of the molecule is Cc1cc(C)c(N2[C]N(c3c(C)cc(C)cc3C)C3CCCCC32)c(C)c1. The average molecular weight is 361 g/mol. The van der Waals surface area contributed by atoms with Gasteiger partial charge in [0.05, 0.1) is 12.1 Å². The highest BCUT2D eigenvalue weighted by atomic mass is 15.4. The van der Waals surface area contributed by atoms with Crippen LogP contribution in [0.1, 0.15) is 59.1 Å². The van der Waals surface area contributed by atoms with Crippen LogP contribution in [0.15, 0.2) is 24.3 Å². The van der Waals surface area contributed by atoms with Crippen LogP contribution < -0.4 is 9.80 Å². The minimum absolute atomic E-state index is 0.527. The van der Waals surface area contributed by atoms with Crippen molar-refractivity contribution in [1.29, 1.82) is 0 Å². The van der Waals surface area contributed by atoms with Gasteiger partial charge in [0.1, 0.15) is 0 Å². The lowest BCUT2D eigenvalue weighted by atomic mass is 9.88. The van der Waals surface area contributed by atoms with Crippen LogP contribution in [0.4, 0.5) is 11.4 Å². The van der Waals surface area contributed by atoms with Crippen molar-refractivity contribution in [1.82, 2.24) is 0 Å². The van der Waals surface area contributed by atoms with E-state index < -0.39 is 0 Å². The summed E-state index contributed by atoms with van der Waals surface area (Å²) >= 11 is 0. The normalized spacial score (nSPS) is 22.3. The molecule has 2 radical (unpaired) electrons. The van der Waals surface area contributed by atoms with Gasteiger partial charge in [-0.1, -0.05) is 48.2 Å². The summed E-state index contributed by atoms with van der Waals surface area (Å²) in [5.74, 6) is 0. The quantitative estimate of drug-likeness (QED) is 0.632. The monoisotopic (exact) mass is 360 g/mol. The molecule has 0 amide bonds. The maximum Gasteiger partial charge on any atom is 0.209 e. The van der Waals surface area contributed by atoms with Crippen LogP contribution in [0, 0.1) is 48.2 Å². The van der Waals surface area contributed by atoms with Crippen LogP contribution in [0.5, 0.6) is 0 Å². The number of aryl methyl sites for hydroxylation is 6. The van der Waals surface area contributed by atoms with Crippen molar-refractivity contribution in [2.75, 3.05) is 9.80 Å². The molecule has 2 atom stereocenters. The Hall–Kier alpha value is -1.96. The number of benzene rings is 2. The van der Waals surface area contributed by atoms with Crippen molar-refractivity contribution in [3.63, 3.8) is 0 Å². The molecular weight excluding hydrogens is 328 g/mol. The van der Waals surface area contributed by atoms with Crippen LogP contribution in [-0.2, 0) is 0 Å². The van der Waals surface area contributed by atoms with Gasteiger partial charge in [0, 0.05) is 11.4 Å². The number of fused-ring (bicyclic) bond motifs is 1. The van der Waals surface area contributed by atoms with Crippen molar-refractivity contribution in [2.45, 2.75) is 79.3 Å². The molecule has 1 saturated carbocycles. The Bertz CT molecular complexity index is 749. The van der Waals surface area contributed by atoms with E-state index in [1.807, 2.05) is 0 Å². The van der Waals surface area contributed by atoms with Crippen molar-refractivity contribution < 1.29 is 0 Å². The fraction of sp³-hybridized carbons (Fsp3) is 0.480. The maximum absolute atomic E-state index is 3.83. The van der Waals surface area contributed by atoms with Crippen LogP contribution in [0.25, 0.3) is 0 Å². The molecule has 0 spiro atoms. The summed E-state index contributed by atoms with van der Waals surface area (Å²) in [6.07, 6.45) is 5.15. The molecule has 0 bridgehead atoms. The Morgan fingerprint density at radius 3 is 1.30 bits per heavy atom. The lowest BCUT2D eigenvalue weighted by Crippen LogP contribution is -2.40. The molecule has 0 aromatic heterocycles. The van der Waals surface area contributed by atoms with E-state index in [9.17, 15) is 0 Å². The number of anilines is 2. The van der Waals surface area contributed by atoms with Gasteiger partial charge < -0.3 is 9.80 Å². The van der Waals surface area contributed by atoms with Crippen LogP contribution >= 0.6 is 0 Å². The summed E-state index contributed by atoms with van der Waals surface area (Å²) in [6.45, 7) is 17.2. The van der Waals surface area contributed by atoms with Gasteiger partial charge in [-0.15, -0.1) is 0 Å². The van der Waals surface area contributed by atoms with Gasteiger partial charge in [0.15, 0.2) is 0 Å². The molecule has 2 nitrogen and oxygen atoms in total. The second-order valence-corrected chi connectivity index (χ2v) is 8.75. The number of nitrogens with zero attached hydrogens (tertiary/aromatic N) is 2. The lowest BCUT2D eigenvalue weighted by molar-refractivity contribution is 0.408. The summed E-state index contributed by atoms with van der Waals surface area (Å²) in [7, 11) is 0. The Morgan fingerprint density at radius 1 is 0.630 bits per heavy atom. The first-order valence-electron chi connectivity index (χ1n) is 10.4. The highest BCUT2D eigenvalue weighted by Gasteiger charge is 2.44. The van der Waals surface area contributed by atoms with E-state index in [2.05, 4.69) is 82.3 Å². The molecule has 2 unspecified atom stereocenters. The van der Waals surface area contributed by atoms with E-state index in [0.29, 0.717) is 12.1 Å². The zero-order valence-corrected chi connectivity index (χ0v) is 17.7. The molecule has 2 aromatic rings. The predicted octanol–water partition coefficient (Wildman–Crippen LogP) is 6.17. The number of hydrogen-bond acceptors (Lipinski definition) is 2. The maximum atomic E-state index is 3.83. The number of rotatable bonds is 2. The second kappa shape index (κ2) is 6.89. The molecule has 1 saturated heterocycles. The molecule has 142 valence electrons. The minimum atomic E-state index is 0.527. The van der Waals surface area contributed by atoms with Gasteiger partial charge in [-0.25, -0.2) is 0 Å². The lowest BCUT2D eigenvalue weighted by Gasteiger charge is -2.34. The predicted molar refractivity (Wildman–Crippen MR) is 116 cm³/mol. The molecule has 0 N–H and O–H groups in total. The van der Waals surface area contributed by atoms with E-state index in [4.69, 9.17) is 0 Å². The van der Waals surface area contributed by atoms with Crippen molar-refractivity contribution in [3.8, 4) is 0 Å². The molecule has 2 aliphatic rings. The molecule has 1 heterocycles. The summed E-state index contributed by atoms with van der Waals surface area (Å²) in [4.78, 5) is 4.96. The topological polar surface area (TPSA) is 6.48 Å². The molecule has 27 heavy (non-hydrogen) atoms. The third-order valence-corrected chi connectivity index (χ3v) is 6.33. The van der Waals surface area contributed by atoms with Gasteiger partial charge >= 0.3 is 0 Å². The fourth-order valence-corrected chi connectivity index (χ4v) is 5.49. The van der Waals surface area contributed by atoms with Gasteiger partial charge in [-0.2, -0.15) is 0 Å². The zero-order chi connectivity index (χ0) is 19.3. The summed E-state index contributed by atoms with van der Waals surface area (Å²) in [6, 6.07) is 10.3. The smallest absolute Gasteiger partial charge is 0.209 e. The van der Waals surface area contributed by atoms with Crippen molar-refractivity contribution in [2.24, 2.45) is 0 Å². The zero-order valence-electron chi connectivity index (χ0n) is 17.7. The largest absolute Gasteiger partial charge is 0.336 e. The first-order chi connectivity index (χ1) is 12.9. The van der Waals surface area contributed by atoms with E-state index in [1.165, 1.54) is 70.4 Å². The highest BCUT2D eigenvalue weighted by molar-refractivity contribution is 5.70. The molecule has 4 rings (SSSR count). The van der Waals surface area contributed by atoms with E-state index in [1.54, 1.807) is 0 Å². The average Bonchev–Trinajstić information content (AvgIpc) is 2.93. The standard InChI is InChI=1S/C25H32N2/c1-16-11-18(3)24(19(4)12-16)26-15-27(23-10-8-7-9-22(23)26)25-20(5)13-17(2)14-21(25)6/h11-14,22-23H,7-10H2,1-6H3. The summed E-state index contributed by atoms with van der Waals surface area (Å²) in [5.41, 5.74) is 10.9. The third kappa shape index (κ3) is 3.13. The Balaban J connectivity index is 1.79. The Morgan fingerprint density at radius 2 is 0.963 bits per heavy atom. The van der Waals surface area contributed by atoms with Gasteiger partial charge in [0.25, 0.3) is 0 Å². The molecule has 2 heteroatoms. The highest BCUT2D eigenvalue weighted by Crippen LogP contribution is 2.44. The minimum Gasteiger partial charge on any atom is -0.336 e. The van der Waals surface area contributed by atoms with E-state index >= 15 is 0 Å². The van der Waals surface area contributed by atoms with Crippen molar-refractivity contribution >= 4 is 11.4 Å². The Kier molecular flexibility index (Phi) is 4.70. The molecule has 1 aliphatic heterocycles. The van der Waals surface area contributed by atoms with Gasteiger partial charge in [-0.3, -0.25) is 0 Å². The van der Waals surface area contributed by atoms with Crippen molar-refractivity contribution in [3.05, 3.63) is 64.3 Å². The van der Waals surface area contributed by atoms with E-state index in [-0.39, 0.29) is 0 Å². The van der Waals surface area contributed by atoms with Crippen LogP contribution in [0.3, 0.4) is 0 Å². The first kappa shape index (κ1) is 18.4. The van der Waals surface area contributed by atoms with Crippen LogP contribution in [0.2, 0.25) is 0 Å². The molecular formula is C25H32N2. The molecule has 1 aliphatic carbocycles. The Labute approximate surface area is 165 Å². The third-order valence-electron chi connectivity index (χ3n) is 6.33. The van der Waals surface area contributed by atoms with Gasteiger partial charge in [0.2, 0.25) is 6.67 Å².